The third-order valence-corrected chi connectivity index (χ3v) is 4.96. The monoisotopic (exact) mass is 430 g/mol. The zero-order chi connectivity index (χ0) is 22.6. The van der Waals surface area contributed by atoms with Crippen LogP contribution in [-0.4, -0.2) is 15.8 Å². The van der Waals surface area contributed by atoms with Crippen molar-refractivity contribution in [1.82, 2.24) is 9.97 Å². The molecule has 0 radical (unpaired) electrons. The highest BCUT2D eigenvalue weighted by atomic mass is 19.4. The molecule has 0 saturated heterocycles. The number of pyridine rings is 2. The largest absolute Gasteiger partial charge is 0.418 e. The van der Waals surface area contributed by atoms with Gasteiger partial charge in [-0.3, -0.25) is 14.8 Å². The van der Waals surface area contributed by atoms with Crippen molar-refractivity contribution in [2.75, 3.05) is 0 Å². The summed E-state index contributed by atoms with van der Waals surface area (Å²) in [6.45, 7) is 0. The minimum atomic E-state index is -4.60. The maximum absolute atomic E-state index is 13.6. The van der Waals surface area contributed by atoms with Gasteiger partial charge in [-0.25, -0.2) is 0 Å². The highest BCUT2D eigenvalue weighted by Crippen LogP contribution is 2.35. The van der Waals surface area contributed by atoms with E-state index >= 15 is 0 Å². The summed E-state index contributed by atoms with van der Waals surface area (Å²) >= 11 is 0. The number of hydrogen-bond donors (Lipinski definition) is 0. The van der Waals surface area contributed by atoms with Crippen LogP contribution in [0.1, 0.15) is 39.5 Å². The van der Waals surface area contributed by atoms with Crippen LogP contribution >= 0.6 is 0 Å². The molecule has 4 aromatic rings. The second kappa shape index (κ2) is 9.03. The van der Waals surface area contributed by atoms with E-state index in [2.05, 4.69) is 21.8 Å². The highest BCUT2D eigenvalue weighted by molar-refractivity contribution is 5.99. The quantitative estimate of drug-likeness (QED) is 0.292. The molecule has 0 aliphatic carbocycles. The highest BCUT2D eigenvalue weighted by Gasteiger charge is 2.36. The predicted octanol–water partition coefficient (Wildman–Crippen LogP) is 6.06. The lowest BCUT2D eigenvalue weighted by Crippen LogP contribution is -2.15. The van der Waals surface area contributed by atoms with Crippen LogP contribution < -0.4 is 0 Å². The van der Waals surface area contributed by atoms with Crippen molar-refractivity contribution in [3.05, 3.63) is 108 Å². The maximum atomic E-state index is 13.6. The first-order valence-electron chi connectivity index (χ1n) is 9.88. The Bertz CT molecular complexity index is 1320. The summed E-state index contributed by atoms with van der Waals surface area (Å²) in [6, 6.07) is 19.8. The van der Waals surface area contributed by atoms with Crippen molar-refractivity contribution < 1.29 is 18.0 Å². The molecular weight excluding hydrogens is 413 g/mol. The third kappa shape index (κ3) is 4.84. The maximum Gasteiger partial charge on any atom is 0.418 e. The van der Waals surface area contributed by atoms with Crippen LogP contribution in [0.2, 0.25) is 0 Å². The van der Waals surface area contributed by atoms with Crippen molar-refractivity contribution in [1.29, 1.82) is 0 Å². The lowest BCUT2D eigenvalue weighted by atomic mass is 9.92. The summed E-state index contributed by atoms with van der Waals surface area (Å²) < 4.78 is 40.9. The van der Waals surface area contributed by atoms with E-state index in [4.69, 9.17) is 0 Å². The van der Waals surface area contributed by atoms with Crippen LogP contribution in [0.5, 0.6) is 0 Å². The molecule has 32 heavy (non-hydrogen) atoms. The van der Waals surface area contributed by atoms with E-state index in [0.717, 1.165) is 11.5 Å². The van der Waals surface area contributed by atoms with Crippen LogP contribution in [0.15, 0.2) is 85.2 Å². The molecule has 0 N–H and O–H groups in total. The van der Waals surface area contributed by atoms with Crippen molar-refractivity contribution >= 4 is 16.7 Å². The van der Waals surface area contributed by atoms with Gasteiger partial charge >= 0.3 is 6.18 Å². The first-order valence-corrected chi connectivity index (χ1v) is 9.88. The molecule has 158 valence electrons. The Morgan fingerprint density at radius 1 is 0.906 bits per heavy atom. The van der Waals surface area contributed by atoms with Gasteiger partial charge < -0.3 is 0 Å². The van der Waals surface area contributed by atoms with Crippen LogP contribution in [0, 0.1) is 11.8 Å². The Balaban J connectivity index is 1.72. The van der Waals surface area contributed by atoms with Gasteiger partial charge in [0.1, 0.15) is 0 Å². The Kier molecular flexibility index (Phi) is 6.00. The van der Waals surface area contributed by atoms with Crippen LogP contribution in [0.3, 0.4) is 0 Å². The summed E-state index contributed by atoms with van der Waals surface area (Å²) in [5.74, 6) is 4.38. The number of nitrogens with zero attached hydrogens (tertiary/aromatic N) is 2. The number of benzene rings is 2. The van der Waals surface area contributed by atoms with E-state index in [1.54, 1.807) is 54.7 Å². The fourth-order valence-electron chi connectivity index (χ4n) is 3.39. The molecule has 0 aliphatic rings. The molecule has 0 unspecified atom stereocenters. The molecule has 0 aliphatic heterocycles. The average Bonchev–Trinajstić information content (AvgIpc) is 2.81. The van der Waals surface area contributed by atoms with Gasteiger partial charge in [-0.1, -0.05) is 48.2 Å². The molecule has 1 atom stereocenters. The third-order valence-electron chi connectivity index (χ3n) is 4.96. The number of carbonyl (C=O) groups is 1. The second-order valence-electron chi connectivity index (χ2n) is 7.16. The number of hydrogen-bond acceptors (Lipinski definition) is 3. The number of aromatic nitrogens is 2. The van der Waals surface area contributed by atoms with Crippen LogP contribution in [0.25, 0.3) is 10.9 Å². The second-order valence-corrected chi connectivity index (χ2v) is 7.16. The van der Waals surface area contributed by atoms with Gasteiger partial charge in [-0.05, 0) is 36.4 Å². The van der Waals surface area contributed by atoms with Crippen molar-refractivity contribution in [3.8, 4) is 11.8 Å². The van der Waals surface area contributed by atoms with Gasteiger partial charge in [0.25, 0.3) is 0 Å². The number of ketones is 1. The van der Waals surface area contributed by atoms with Gasteiger partial charge in [-0.2, -0.15) is 13.2 Å². The Morgan fingerprint density at radius 2 is 1.66 bits per heavy atom. The topological polar surface area (TPSA) is 42.9 Å². The SMILES string of the molecule is O=C(C[C@@H](C#Cc1ccccc1)c1ncccc1C(F)(F)F)c1ccc2cccnc2c1. The summed E-state index contributed by atoms with van der Waals surface area (Å²) in [6.07, 6.45) is -1.94. The van der Waals surface area contributed by atoms with E-state index in [1.807, 2.05) is 12.1 Å². The number of rotatable bonds is 4. The summed E-state index contributed by atoms with van der Waals surface area (Å²) in [4.78, 5) is 21.2. The molecular formula is C26H17F3N2O. The minimum absolute atomic E-state index is 0.238. The zero-order valence-corrected chi connectivity index (χ0v) is 16.8. The summed E-state index contributed by atoms with van der Waals surface area (Å²) in [5, 5.41) is 0.869. The molecule has 0 spiro atoms. The number of fused-ring (bicyclic) bond motifs is 1. The fourth-order valence-corrected chi connectivity index (χ4v) is 3.39. The van der Waals surface area contributed by atoms with Gasteiger partial charge in [0.05, 0.1) is 22.7 Å². The molecule has 2 heterocycles. The minimum Gasteiger partial charge on any atom is -0.294 e. The summed E-state index contributed by atoms with van der Waals surface area (Å²) in [5.41, 5.74) is 0.506. The van der Waals surface area contributed by atoms with E-state index in [9.17, 15) is 18.0 Å². The molecule has 0 saturated carbocycles. The molecule has 6 heteroatoms. The van der Waals surface area contributed by atoms with Gasteiger partial charge in [0.2, 0.25) is 0 Å². The lowest BCUT2D eigenvalue weighted by molar-refractivity contribution is -0.138. The van der Waals surface area contributed by atoms with Crippen molar-refractivity contribution in [2.24, 2.45) is 0 Å². The van der Waals surface area contributed by atoms with Gasteiger partial charge in [0, 0.05) is 35.3 Å². The molecule has 2 aromatic heterocycles. The van der Waals surface area contributed by atoms with E-state index in [1.165, 1.54) is 12.3 Å². The number of Topliss-reactive ketones (excluding diaryl/α,β-unsaturated/α-hetero) is 1. The molecule has 4 rings (SSSR count). The Hall–Kier alpha value is -3.98. The summed E-state index contributed by atoms with van der Waals surface area (Å²) in [7, 11) is 0. The molecule has 0 fully saturated rings. The van der Waals surface area contributed by atoms with Gasteiger partial charge in [-0.15, -0.1) is 0 Å². The number of halogens is 3. The van der Waals surface area contributed by atoms with Crippen molar-refractivity contribution in [3.63, 3.8) is 0 Å². The number of carbonyl (C=O) groups excluding carboxylic acids is 1. The van der Waals surface area contributed by atoms with E-state index in [-0.39, 0.29) is 17.9 Å². The smallest absolute Gasteiger partial charge is 0.294 e. The van der Waals surface area contributed by atoms with E-state index < -0.39 is 17.7 Å². The Morgan fingerprint density at radius 3 is 2.44 bits per heavy atom. The molecule has 0 bridgehead atoms. The van der Waals surface area contributed by atoms with Gasteiger partial charge in [0.15, 0.2) is 5.78 Å². The standard InChI is InChI=1S/C26H17F3N2O/c27-26(28,29)22-9-5-15-31-25(22)21(11-10-18-6-2-1-3-7-18)17-24(32)20-13-12-19-8-4-14-30-23(19)16-20/h1-9,12-16,21H,17H2/t21-/m1/s1. The average molecular weight is 430 g/mol. The Labute approximate surface area is 183 Å². The zero-order valence-electron chi connectivity index (χ0n) is 16.8. The van der Waals surface area contributed by atoms with E-state index in [0.29, 0.717) is 16.6 Å². The van der Waals surface area contributed by atoms with Crippen molar-refractivity contribution in [2.45, 2.75) is 18.5 Å². The van der Waals surface area contributed by atoms with Crippen LogP contribution in [-0.2, 0) is 6.18 Å². The lowest BCUT2D eigenvalue weighted by Gasteiger charge is -2.16. The molecule has 3 nitrogen and oxygen atoms in total. The van der Waals surface area contributed by atoms with Crippen LogP contribution in [0.4, 0.5) is 13.2 Å². The first-order chi connectivity index (χ1) is 15.4. The fraction of sp³-hybridized carbons (Fsp3) is 0.115. The first kappa shape index (κ1) is 21.3. The predicted molar refractivity (Wildman–Crippen MR) is 116 cm³/mol. The number of alkyl halides is 3. The molecule has 2 aromatic carbocycles. The normalized spacial score (nSPS) is 12.1. The molecule has 0 amide bonds.